The van der Waals surface area contributed by atoms with Crippen molar-refractivity contribution in [2.75, 3.05) is 0 Å². The Morgan fingerprint density at radius 3 is 2.92 bits per heavy atom. The van der Waals surface area contributed by atoms with Gasteiger partial charge in [-0.15, -0.1) is 0 Å². The Labute approximate surface area is 73.8 Å². The number of allylic oxidation sites excluding steroid dienone is 1. The van der Waals surface area contributed by atoms with Crippen molar-refractivity contribution in [3.05, 3.63) is 12.2 Å². The summed E-state index contributed by atoms with van der Waals surface area (Å²) in [6.45, 7) is 6.26. The molecule has 0 aliphatic heterocycles. The highest BCUT2D eigenvalue weighted by Gasteiger charge is 2.53. The lowest BCUT2D eigenvalue weighted by Crippen LogP contribution is -2.48. The number of carbonyl (C=O) groups is 1. The third-order valence-corrected chi connectivity index (χ3v) is 3.89. The number of hydrogen-bond acceptors (Lipinski definition) is 1. The molecule has 2 atom stereocenters. The van der Waals surface area contributed by atoms with Gasteiger partial charge in [0, 0.05) is 17.8 Å². The van der Waals surface area contributed by atoms with Crippen LogP contribution in [-0.4, -0.2) is 5.78 Å². The minimum atomic E-state index is 0.245. The van der Waals surface area contributed by atoms with E-state index in [-0.39, 0.29) is 5.41 Å². The summed E-state index contributed by atoms with van der Waals surface area (Å²) < 4.78 is 0. The van der Waals surface area contributed by atoms with E-state index in [4.69, 9.17) is 0 Å². The normalized spacial score (nSPS) is 40.6. The molecule has 0 aromatic carbocycles. The van der Waals surface area contributed by atoms with E-state index in [1.165, 1.54) is 12.0 Å². The van der Waals surface area contributed by atoms with E-state index in [1.807, 2.05) is 0 Å². The molecule has 2 rings (SSSR count). The van der Waals surface area contributed by atoms with E-state index < -0.39 is 0 Å². The maximum absolute atomic E-state index is 11.5. The number of carbonyl (C=O) groups excluding carboxylic acids is 1. The monoisotopic (exact) mass is 164 g/mol. The first-order valence-corrected chi connectivity index (χ1v) is 4.91. The number of Topliss-reactive ketones (excluding diaryl/α,β-unsaturated/α-hetero) is 1. The van der Waals surface area contributed by atoms with Crippen LogP contribution in [0.1, 0.15) is 39.0 Å². The molecular formula is C11H16O. The van der Waals surface area contributed by atoms with Crippen molar-refractivity contribution in [2.24, 2.45) is 11.3 Å². The molecule has 66 valence electrons. The van der Waals surface area contributed by atoms with Crippen LogP contribution in [0, 0.1) is 11.3 Å². The fourth-order valence-electron chi connectivity index (χ4n) is 2.96. The summed E-state index contributed by atoms with van der Waals surface area (Å²) in [4.78, 5) is 11.5. The molecule has 1 nitrogen and oxygen atoms in total. The molecule has 2 aliphatic carbocycles. The van der Waals surface area contributed by atoms with Crippen LogP contribution >= 0.6 is 0 Å². The Morgan fingerprint density at radius 2 is 2.42 bits per heavy atom. The van der Waals surface area contributed by atoms with Crippen molar-refractivity contribution in [1.29, 1.82) is 0 Å². The molecule has 2 aliphatic rings. The highest BCUT2D eigenvalue weighted by atomic mass is 16.1. The van der Waals surface area contributed by atoms with Gasteiger partial charge in [-0.2, -0.15) is 0 Å². The maximum atomic E-state index is 11.5. The Morgan fingerprint density at radius 1 is 1.67 bits per heavy atom. The summed E-state index contributed by atoms with van der Waals surface area (Å²) in [7, 11) is 0. The number of hydrogen-bond donors (Lipinski definition) is 0. The van der Waals surface area contributed by atoms with Crippen molar-refractivity contribution < 1.29 is 4.79 Å². The molecular weight excluding hydrogens is 148 g/mol. The largest absolute Gasteiger partial charge is 0.299 e. The summed E-state index contributed by atoms with van der Waals surface area (Å²) in [6.07, 6.45) is 5.20. The highest BCUT2D eigenvalue weighted by Crippen LogP contribution is 2.58. The van der Waals surface area contributed by atoms with Crippen LogP contribution in [0.2, 0.25) is 0 Å². The Bertz CT molecular complexity index is 239. The fourth-order valence-corrected chi connectivity index (χ4v) is 2.96. The van der Waals surface area contributed by atoms with Crippen LogP contribution in [0.4, 0.5) is 0 Å². The summed E-state index contributed by atoms with van der Waals surface area (Å²) >= 11 is 0. The van der Waals surface area contributed by atoms with Gasteiger partial charge in [-0.1, -0.05) is 19.1 Å². The highest BCUT2D eigenvalue weighted by molar-refractivity contribution is 5.85. The van der Waals surface area contributed by atoms with Gasteiger partial charge in [-0.05, 0) is 25.7 Å². The molecule has 0 aromatic rings. The molecule has 0 saturated heterocycles. The predicted molar refractivity (Wildman–Crippen MR) is 48.8 cm³/mol. The molecule has 0 unspecified atom stereocenters. The molecule has 2 saturated carbocycles. The third-order valence-electron chi connectivity index (χ3n) is 3.89. The third kappa shape index (κ3) is 0.769. The number of rotatable bonds is 1. The van der Waals surface area contributed by atoms with Gasteiger partial charge in [-0.3, -0.25) is 4.79 Å². The van der Waals surface area contributed by atoms with Crippen LogP contribution in [0.5, 0.6) is 0 Å². The van der Waals surface area contributed by atoms with E-state index in [1.54, 1.807) is 0 Å². The molecule has 12 heavy (non-hydrogen) atoms. The topological polar surface area (TPSA) is 17.1 Å². The second kappa shape index (κ2) is 2.45. The summed E-state index contributed by atoms with van der Waals surface area (Å²) in [5.74, 6) is 0.847. The van der Waals surface area contributed by atoms with Gasteiger partial charge in [0.1, 0.15) is 5.78 Å². The van der Waals surface area contributed by atoms with E-state index in [9.17, 15) is 4.79 Å². The second-order valence-corrected chi connectivity index (χ2v) is 4.19. The molecule has 0 heterocycles. The summed E-state index contributed by atoms with van der Waals surface area (Å²) in [5.41, 5.74) is 1.58. The lowest BCUT2D eigenvalue weighted by atomic mass is 9.50. The summed E-state index contributed by atoms with van der Waals surface area (Å²) in [6, 6.07) is 0. The molecule has 0 N–H and O–H groups in total. The molecule has 1 heteroatoms. The van der Waals surface area contributed by atoms with E-state index in [0.717, 1.165) is 25.7 Å². The molecule has 0 radical (unpaired) electrons. The second-order valence-electron chi connectivity index (χ2n) is 4.19. The van der Waals surface area contributed by atoms with Gasteiger partial charge in [0.2, 0.25) is 0 Å². The standard InChI is InChI=1S/C11H16O/c1-3-11-6-4-5-10(12)9(11)7-8(11)2/h9H,2-7H2,1H3/t9-,11-/m0/s1. The van der Waals surface area contributed by atoms with Crippen LogP contribution in [0.3, 0.4) is 0 Å². The average molecular weight is 164 g/mol. The first-order chi connectivity index (χ1) is 5.70. The van der Waals surface area contributed by atoms with Crippen molar-refractivity contribution >= 4 is 5.78 Å². The molecule has 0 amide bonds. The Balaban J connectivity index is 2.26. The first-order valence-electron chi connectivity index (χ1n) is 4.91. The molecule has 0 spiro atoms. The van der Waals surface area contributed by atoms with Gasteiger partial charge >= 0.3 is 0 Å². The van der Waals surface area contributed by atoms with Crippen molar-refractivity contribution in [2.45, 2.75) is 39.0 Å². The zero-order chi connectivity index (χ0) is 8.77. The van der Waals surface area contributed by atoms with Crippen molar-refractivity contribution in [1.82, 2.24) is 0 Å². The van der Waals surface area contributed by atoms with Gasteiger partial charge in [-0.25, -0.2) is 0 Å². The van der Waals surface area contributed by atoms with Crippen molar-refractivity contribution in [3.63, 3.8) is 0 Å². The van der Waals surface area contributed by atoms with Crippen LogP contribution in [0.15, 0.2) is 12.2 Å². The van der Waals surface area contributed by atoms with Crippen LogP contribution in [0.25, 0.3) is 0 Å². The lowest BCUT2D eigenvalue weighted by Gasteiger charge is -2.53. The quantitative estimate of drug-likeness (QED) is 0.544. The van der Waals surface area contributed by atoms with Crippen LogP contribution in [-0.2, 0) is 4.79 Å². The molecule has 2 fully saturated rings. The first kappa shape index (κ1) is 8.03. The SMILES string of the molecule is C=C1C[C@H]2C(=O)CCC[C@@]12CC. The smallest absolute Gasteiger partial charge is 0.137 e. The molecule has 0 aromatic heterocycles. The van der Waals surface area contributed by atoms with Gasteiger partial charge < -0.3 is 0 Å². The lowest BCUT2D eigenvalue weighted by molar-refractivity contribution is -0.133. The zero-order valence-corrected chi connectivity index (χ0v) is 7.73. The fraction of sp³-hybridized carbons (Fsp3) is 0.727. The van der Waals surface area contributed by atoms with Gasteiger partial charge in [0.05, 0.1) is 0 Å². The summed E-state index contributed by atoms with van der Waals surface area (Å²) in [5, 5.41) is 0. The van der Waals surface area contributed by atoms with E-state index in [2.05, 4.69) is 13.5 Å². The minimum Gasteiger partial charge on any atom is -0.299 e. The zero-order valence-electron chi connectivity index (χ0n) is 7.73. The van der Waals surface area contributed by atoms with E-state index in [0.29, 0.717) is 11.7 Å². The Hall–Kier alpha value is -0.590. The predicted octanol–water partition coefficient (Wildman–Crippen LogP) is 2.71. The molecule has 0 bridgehead atoms. The van der Waals surface area contributed by atoms with Crippen molar-refractivity contribution in [3.8, 4) is 0 Å². The Kier molecular flexibility index (Phi) is 1.64. The number of ketones is 1. The van der Waals surface area contributed by atoms with Gasteiger partial charge in [0.25, 0.3) is 0 Å². The minimum absolute atomic E-state index is 0.245. The van der Waals surface area contributed by atoms with Crippen LogP contribution < -0.4 is 0 Å². The average Bonchev–Trinajstić information content (AvgIpc) is 2.07. The maximum Gasteiger partial charge on any atom is 0.137 e. The van der Waals surface area contributed by atoms with E-state index >= 15 is 0 Å². The number of fused-ring (bicyclic) bond motifs is 1. The van der Waals surface area contributed by atoms with Gasteiger partial charge in [0.15, 0.2) is 0 Å².